The Balaban J connectivity index is 2.91. The van der Waals surface area contributed by atoms with E-state index in [1.807, 2.05) is 6.07 Å². The number of carbonyl (C=O) groups is 2. The molecule has 1 rings (SSSR count). The zero-order chi connectivity index (χ0) is 18.2. The van der Waals surface area contributed by atoms with Gasteiger partial charge in [-0.3, -0.25) is 0 Å². The van der Waals surface area contributed by atoms with E-state index in [2.05, 4.69) is 20.8 Å². The van der Waals surface area contributed by atoms with Crippen LogP contribution in [0.4, 0.5) is 0 Å². The molecule has 134 valence electrons. The highest BCUT2D eigenvalue weighted by molar-refractivity contribution is 5.72. The van der Waals surface area contributed by atoms with E-state index >= 15 is 0 Å². The van der Waals surface area contributed by atoms with Gasteiger partial charge in [-0.15, -0.1) is 0 Å². The van der Waals surface area contributed by atoms with Crippen molar-refractivity contribution in [3.05, 3.63) is 23.8 Å². The summed E-state index contributed by atoms with van der Waals surface area (Å²) in [4.78, 5) is 22.9. The molecule has 24 heavy (non-hydrogen) atoms. The summed E-state index contributed by atoms with van der Waals surface area (Å²) in [7, 11) is 0. The van der Waals surface area contributed by atoms with Crippen LogP contribution in [0.25, 0.3) is 0 Å². The highest BCUT2D eigenvalue weighted by Crippen LogP contribution is 2.33. The summed E-state index contributed by atoms with van der Waals surface area (Å²) in [6, 6.07) is 5.43. The predicted octanol–water partition coefficient (Wildman–Crippen LogP) is 2.87. The van der Waals surface area contributed by atoms with Crippen LogP contribution >= 0.6 is 0 Å². The van der Waals surface area contributed by atoms with E-state index < -0.39 is 11.9 Å². The summed E-state index contributed by atoms with van der Waals surface area (Å²) in [5.74, 6) is -0.163. The first-order chi connectivity index (χ1) is 11.3. The van der Waals surface area contributed by atoms with Crippen LogP contribution < -0.4 is 9.47 Å². The Labute approximate surface area is 143 Å². The molecule has 0 saturated carbocycles. The van der Waals surface area contributed by atoms with Crippen molar-refractivity contribution in [2.24, 2.45) is 0 Å². The van der Waals surface area contributed by atoms with Crippen molar-refractivity contribution in [3.8, 4) is 11.5 Å². The first kappa shape index (κ1) is 19.8. The monoisotopic (exact) mass is 338 g/mol. The molecule has 0 fully saturated rings. The molecule has 1 aromatic rings. The number of rotatable bonds is 8. The van der Waals surface area contributed by atoms with E-state index in [1.54, 1.807) is 26.0 Å². The van der Waals surface area contributed by atoms with Gasteiger partial charge in [0.1, 0.15) is 0 Å². The lowest BCUT2D eigenvalue weighted by molar-refractivity contribution is -0.146. The Kier molecular flexibility index (Phi) is 7.55. The Bertz CT molecular complexity index is 559. The zero-order valence-corrected chi connectivity index (χ0v) is 15.0. The zero-order valence-electron chi connectivity index (χ0n) is 15.0. The van der Waals surface area contributed by atoms with Crippen LogP contribution in [-0.4, -0.2) is 38.4 Å². The second-order valence-electron chi connectivity index (χ2n) is 6.10. The van der Waals surface area contributed by atoms with Crippen LogP contribution in [0.1, 0.15) is 40.2 Å². The molecule has 0 heterocycles. The van der Waals surface area contributed by atoms with Gasteiger partial charge in [0.25, 0.3) is 0 Å². The highest BCUT2D eigenvalue weighted by Gasteiger charge is 2.18. The van der Waals surface area contributed by atoms with Gasteiger partial charge >= 0.3 is 11.9 Å². The summed E-state index contributed by atoms with van der Waals surface area (Å²) in [6.45, 7) is 9.78. The smallest absolute Gasteiger partial charge is 0.344 e. The highest BCUT2D eigenvalue weighted by atomic mass is 16.6. The number of benzene rings is 1. The van der Waals surface area contributed by atoms with Crippen LogP contribution in [0.5, 0.6) is 11.5 Å². The molecule has 0 amide bonds. The first-order valence-electron chi connectivity index (χ1n) is 7.99. The molecule has 0 aromatic heterocycles. The fraction of sp³-hybridized carbons (Fsp3) is 0.556. The molecule has 0 saturated heterocycles. The summed E-state index contributed by atoms with van der Waals surface area (Å²) in [5, 5.41) is 0. The van der Waals surface area contributed by atoms with Crippen LogP contribution in [-0.2, 0) is 24.5 Å². The number of esters is 2. The van der Waals surface area contributed by atoms with Crippen LogP contribution in [0.3, 0.4) is 0 Å². The van der Waals surface area contributed by atoms with Crippen molar-refractivity contribution in [1.82, 2.24) is 0 Å². The third-order valence-electron chi connectivity index (χ3n) is 3.11. The minimum Gasteiger partial charge on any atom is -0.478 e. The lowest BCUT2D eigenvalue weighted by Gasteiger charge is -2.21. The maximum absolute atomic E-state index is 11.5. The van der Waals surface area contributed by atoms with Gasteiger partial charge in [-0.25, -0.2) is 9.59 Å². The maximum Gasteiger partial charge on any atom is 0.344 e. The molecular formula is C18H26O6. The molecule has 0 radical (unpaired) electrons. The summed E-state index contributed by atoms with van der Waals surface area (Å²) < 4.78 is 20.7. The quantitative estimate of drug-likeness (QED) is 0.679. The molecule has 0 aliphatic carbocycles. The lowest BCUT2D eigenvalue weighted by Crippen LogP contribution is -2.18. The minimum absolute atomic E-state index is 0.0955. The molecular weight excluding hydrogens is 312 g/mol. The molecule has 0 aliphatic heterocycles. The minimum atomic E-state index is -0.464. The Morgan fingerprint density at radius 3 is 1.83 bits per heavy atom. The van der Waals surface area contributed by atoms with Crippen molar-refractivity contribution in [1.29, 1.82) is 0 Å². The number of hydrogen-bond acceptors (Lipinski definition) is 6. The molecule has 0 atom stereocenters. The van der Waals surface area contributed by atoms with Crippen molar-refractivity contribution >= 4 is 11.9 Å². The van der Waals surface area contributed by atoms with Gasteiger partial charge in [-0.1, -0.05) is 26.8 Å². The fourth-order valence-electron chi connectivity index (χ4n) is 1.89. The number of ether oxygens (including phenoxy) is 4. The molecule has 1 aromatic carbocycles. The number of carbonyl (C=O) groups excluding carboxylic acids is 2. The van der Waals surface area contributed by atoms with E-state index in [1.165, 1.54) is 0 Å². The molecule has 0 aliphatic rings. The fourth-order valence-corrected chi connectivity index (χ4v) is 1.89. The molecule has 6 nitrogen and oxygen atoms in total. The van der Waals surface area contributed by atoms with Gasteiger partial charge in [-0.2, -0.15) is 0 Å². The van der Waals surface area contributed by atoms with Gasteiger partial charge in [-0.05, 0) is 37.0 Å². The van der Waals surface area contributed by atoms with E-state index in [-0.39, 0.29) is 31.8 Å². The van der Waals surface area contributed by atoms with E-state index in [0.29, 0.717) is 11.5 Å². The first-order valence-corrected chi connectivity index (χ1v) is 7.99. The predicted molar refractivity (Wildman–Crippen MR) is 89.4 cm³/mol. The SMILES string of the molecule is CCOC(=O)COc1ccc(C(C)(C)C)cc1OCC(=O)OCC. The van der Waals surface area contributed by atoms with Crippen molar-refractivity contribution in [2.45, 2.75) is 40.0 Å². The van der Waals surface area contributed by atoms with Gasteiger partial charge in [0.15, 0.2) is 24.7 Å². The molecule has 6 heteroatoms. The number of hydrogen-bond donors (Lipinski definition) is 0. The Hall–Kier alpha value is -2.24. The second-order valence-corrected chi connectivity index (χ2v) is 6.10. The van der Waals surface area contributed by atoms with Gasteiger partial charge in [0, 0.05) is 0 Å². The third kappa shape index (κ3) is 6.48. The summed E-state index contributed by atoms with van der Waals surface area (Å²) in [5.41, 5.74) is 0.923. The average molecular weight is 338 g/mol. The summed E-state index contributed by atoms with van der Waals surface area (Å²) >= 11 is 0. The molecule has 0 bridgehead atoms. The van der Waals surface area contributed by atoms with E-state index in [0.717, 1.165) is 5.56 Å². The van der Waals surface area contributed by atoms with E-state index in [9.17, 15) is 9.59 Å². The topological polar surface area (TPSA) is 71.1 Å². The van der Waals surface area contributed by atoms with Crippen LogP contribution in [0, 0.1) is 0 Å². The Morgan fingerprint density at radius 2 is 1.38 bits per heavy atom. The lowest BCUT2D eigenvalue weighted by atomic mass is 9.87. The average Bonchev–Trinajstić information content (AvgIpc) is 2.51. The molecule has 0 spiro atoms. The van der Waals surface area contributed by atoms with Crippen LogP contribution in [0.2, 0.25) is 0 Å². The van der Waals surface area contributed by atoms with Crippen molar-refractivity contribution < 1.29 is 28.5 Å². The van der Waals surface area contributed by atoms with Gasteiger partial charge < -0.3 is 18.9 Å². The molecule has 0 unspecified atom stereocenters. The third-order valence-corrected chi connectivity index (χ3v) is 3.11. The maximum atomic E-state index is 11.5. The standard InChI is InChI=1S/C18H26O6/c1-6-21-16(19)11-23-14-9-8-13(18(3,4)5)10-15(14)24-12-17(20)22-7-2/h8-10H,6-7,11-12H2,1-5H3. The van der Waals surface area contributed by atoms with E-state index in [4.69, 9.17) is 18.9 Å². The van der Waals surface area contributed by atoms with Crippen molar-refractivity contribution in [3.63, 3.8) is 0 Å². The van der Waals surface area contributed by atoms with Crippen LogP contribution in [0.15, 0.2) is 18.2 Å². The second kappa shape index (κ2) is 9.15. The van der Waals surface area contributed by atoms with Crippen molar-refractivity contribution in [2.75, 3.05) is 26.4 Å². The summed E-state index contributed by atoms with van der Waals surface area (Å²) in [6.07, 6.45) is 0. The normalized spacial score (nSPS) is 10.9. The van der Waals surface area contributed by atoms with Gasteiger partial charge in [0.2, 0.25) is 0 Å². The molecule has 0 N–H and O–H groups in total. The largest absolute Gasteiger partial charge is 0.478 e. The van der Waals surface area contributed by atoms with Gasteiger partial charge in [0.05, 0.1) is 13.2 Å². The Morgan fingerprint density at radius 1 is 0.875 bits per heavy atom.